The smallest absolute Gasteiger partial charge is 0.137 e. The van der Waals surface area contributed by atoms with E-state index in [4.69, 9.17) is 4.74 Å². The molecule has 20 heavy (non-hydrogen) atoms. The zero-order valence-electron chi connectivity index (χ0n) is 12.0. The number of rotatable bonds is 0. The Morgan fingerprint density at radius 3 is 2.65 bits per heavy atom. The van der Waals surface area contributed by atoms with Gasteiger partial charge < -0.3 is 9.30 Å². The third-order valence-corrected chi connectivity index (χ3v) is 4.09. The largest absolute Gasteiger partial charge is 0.482 e. The van der Waals surface area contributed by atoms with Gasteiger partial charge in [-0.15, -0.1) is 0 Å². The molecular formula is C18H17NO. The minimum Gasteiger partial charge on any atom is -0.482 e. The van der Waals surface area contributed by atoms with Crippen LogP contribution in [-0.4, -0.2) is 10.2 Å². The number of benzene rings is 2. The number of hydrogen-bond donors (Lipinski definition) is 0. The van der Waals surface area contributed by atoms with E-state index in [1.165, 1.54) is 21.8 Å². The number of hydrogen-bond acceptors (Lipinski definition) is 1. The zero-order valence-corrected chi connectivity index (χ0v) is 12.0. The lowest BCUT2D eigenvalue weighted by molar-refractivity contribution is 0.161. The fourth-order valence-electron chi connectivity index (χ4n) is 3.06. The van der Waals surface area contributed by atoms with Gasteiger partial charge in [-0.1, -0.05) is 24.3 Å². The van der Waals surface area contributed by atoms with Crippen LogP contribution in [0.2, 0.25) is 0 Å². The highest BCUT2D eigenvalue weighted by Gasteiger charge is 2.25. The predicted octanol–water partition coefficient (Wildman–Crippen LogP) is 4.52. The second-order valence-electron chi connectivity index (χ2n) is 5.99. The summed E-state index contributed by atoms with van der Waals surface area (Å²) in [5.41, 5.74) is 3.37. The Bertz CT molecular complexity index is 868. The minimum absolute atomic E-state index is 0.252. The van der Waals surface area contributed by atoms with Gasteiger partial charge >= 0.3 is 0 Å². The van der Waals surface area contributed by atoms with Crippen LogP contribution in [0.15, 0.2) is 42.5 Å². The lowest BCUT2D eigenvalue weighted by Gasteiger charge is -2.28. The molecule has 0 saturated carbocycles. The van der Waals surface area contributed by atoms with E-state index in [0.29, 0.717) is 0 Å². The van der Waals surface area contributed by atoms with Gasteiger partial charge in [0.1, 0.15) is 11.4 Å². The van der Waals surface area contributed by atoms with Crippen LogP contribution in [0, 0.1) is 0 Å². The quantitative estimate of drug-likeness (QED) is 0.582. The van der Waals surface area contributed by atoms with Crippen molar-refractivity contribution in [2.45, 2.75) is 19.4 Å². The van der Waals surface area contributed by atoms with E-state index in [1.807, 2.05) is 0 Å². The summed E-state index contributed by atoms with van der Waals surface area (Å²) in [7, 11) is 2.11. The van der Waals surface area contributed by atoms with Gasteiger partial charge in [0.15, 0.2) is 0 Å². The molecule has 1 aliphatic heterocycles. The third kappa shape index (κ3) is 1.45. The Labute approximate surface area is 118 Å². The van der Waals surface area contributed by atoms with Gasteiger partial charge in [-0.2, -0.15) is 0 Å². The number of ether oxygens (including phenoxy) is 1. The van der Waals surface area contributed by atoms with E-state index in [-0.39, 0.29) is 5.60 Å². The molecule has 1 aromatic heterocycles. The van der Waals surface area contributed by atoms with Crippen LogP contribution in [0.3, 0.4) is 0 Å². The van der Waals surface area contributed by atoms with Crippen molar-refractivity contribution >= 4 is 27.9 Å². The Morgan fingerprint density at radius 1 is 1.00 bits per heavy atom. The van der Waals surface area contributed by atoms with Gasteiger partial charge in [-0.05, 0) is 38.1 Å². The Morgan fingerprint density at radius 2 is 1.80 bits per heavy atom. The van der Waals surface area contributed by atoms with Gasteiger partial charge in [-0.3, -0.25) is 0 Å². The molecule has 0 N–H and O–H groups in total. The lowest BCUT2D eigenvalue weighted by Crippen LogP contribution is -2.27. The molecule has 0 radical (unpaired) electrons. The zero-order chi connectivity index (χ0) is 13.9. The standard InChI is InChI=1S/C18H17NO/c1-18(2)11-10-12-8-9-15-16(17(12)20-18)13-6-4-5-7-14(13)19(15)3/h4-11H,1-3H3. The molecule has 0 fully saturated rings. The van der Waals surface area contributed by atoms with Crippen molar-refractivity contribution in [1.29, 1.82) is 0 Å². The monoisotopic (exact) mass is 263 g/mol. The van der Waals surface area contributed by atoms with Gasteiger partial charge in [0.25, 0.3) is 0 Å². The molecule has 2 nitrogen and oxygen atoms in total. The summed E-state index contributed by atoms with van der Waals surface area (Å²) in [4.78, 5) is 0. The van der Waals surface area contributed by atoms with E-state index >= 15 is 0 Å². The summed E-state index contributed by atoms with van der Waals surface area (Å²) >= 11 is 0. The van der Waals surface area contributed by atoms with Crippen molar-refractivity contribution in [3.8, 4) is 5.75 Å². The van der Waals surface area contributed by atoms with Crippen molar-refractivity contribution in [1.82, 2.24) is 4.57 Å². The number of para-hydroxylation sites is 1. The molecule has 2 aromatic carbocycles. The first kappa shape index (κ1) is 11.6. The Kier molecular flexibility index (Phi) is 2.12. The molecule has 2 heteroatoms. The molecule has 0 aliphatic carbocycles. The first-order valence-corrected chi connectivity index (χ1v) is 6.95. The molecule has 0 saturated heterocycles. The average Bonchev–Trinajstić information content (AvgIpc) is 2.72. The molecule has 0 amide bonds. The maximum absolute atomic E-state index is 6.25. The highest BCUT2D eigenvalue weighted by molar-refractivity contribution is 6.12. The molecule has 0 atom stereocenters. The molecule has 100 valence electrons. The van der Waals surface area contributed by atoms with Gasteiger partial charge in [-0.25, -0.2) is 0 Å². The molecule has 0 bridgehead atoms. The van der Waals surface area contributed by atoms with E-state index in [0.717, 1.165) is 11.3 Å². The van der Waals surface area contributed by atoms with Crippen molar-refractivity contribution in [3.63, 3.8) is 0 Å². The predicted molar refractivity (Wildman–Crippen MR) is 84.2 cm³/mol. The number of aromatic nitrogens is 1. The second kappa shape index (κ2) is 3.66. The van der Waals surface area contributed by atoms with Gasteiger partial charge in [0.2, 0.25) is 0 Å². The molecule has 0 spiro atoms. The maximum Gasteiger partial charge on any atom is 0.137 e. The van der Waals surface area contributed by atoms with Crippen LogP contribution in [0.5, 0.6) is 5.75 Å². The summed E-state index contributed by atoms with van der Waals surface area (Å²) in [6, 6.07) is 12.8. The van der Waals surface area contributed by atoms with Crippen molar-refractivity contribution < 1.29 is 4.74 Å². The fraction of sp³-hybridized carbons (Fsp3) is 0.222. The highest BCUT2D eigenvalue weighted by atomic mass is 16.5. The van der Waals surface area contributed by atoms with E-state index in [2.05, 4.69) is 74.0 Å². The van der Waals surface area contributed by atoms with Crippen molar-refractivity contribution in [2.75, 3.05) is 0 Å². The van der Waals surface area contributed by atoms with E-state index < -0.39 is 0 Å². The van der Waals surface area contributed by atoms with E-state index in [1.54, 1.807) is 0 Å². The van der Waals surface area contributed by atoms with Crippen molar-refractivity contribution in [3.05, 3.63) is 48.0 Å². The normalized spacial score (nSPS) is 16.4. The lowest BCUT2D eigenvalue weighted by atomic mass is 9.99. The maximum atomic E-state index is 6.25. The number of fused-ring (bicyclic) bond motifs is 5. The third-order valence-electron chi connectivity index (χ3n) is 4.09. The summed E-state index contributed by atoms with van der Waals surface area (Å²) < 4.78 is 8.49. The van der Waals surface area contributed by atoms with Crippen LogP contribution in [0.1, 0.15) is 19.4 Å². The molecule has 1 aliphatic rings. The second-order valence-corrected chi connectivity index (χ2v) is 5.99. The molecule has 3 aromatic rings. The van der Waals surface area contributed by atoms with Crippen LogP contribution >= 0.6 is 0 Å². The minimum atomic E-state index is -0.252. The molecule has 4 rings (SSSR count). The highest BCUT2D eigenvalue weighted by Crippen LogP contribution is 2.41. The Hall–Kier alpha value is -2.22. The van der Waals surface area contributed by atoms with Crippen LogP contribution < -0.4 is 4.74 Å². The summed E-state index contributed by atoms with van der Waals surface area (Å²) in [6.45, 7) is 4.19. The molecule has 0 unspecified atom stereocenters. The topological polar surface area (TPSA) is 14.2 Å². The van der Waals surface area contributed by atoms with Crippen LogP contribution in [0.4, 0.5) is 0 Å². The summed E-state index contributed by atoms with van der Waals surface area (Å²) in [6.07, 6.45) is 4.28. The summed E-state index contributed by atoms with van der Waals surface area (Å²) in [5.74, 6) is 1.01. The van der Waals surface area contributed by atoms with Gasteiger partial charge in [0.05, 0.1) is 10.9 Å². The summed E-state index contributed by atoms with van der Waals surface area (Å²) in [5, 5.41) is 2.48. The fourth-order valence-corrected chi connectivity index (χ4v) is 3.06. The molecular weight excluding hydrogens is 246 g/mol. The average molecular weight is 263 g/mol. The first-order chi connectivity index (χ1) is 9.57. The SMILES string of the molecule is Cn1c2ccccc2c2c3c(ccc21)C=CC(C)(C)O3. The van der Waals surface area contributed by atoms with Crippen molar-refractivity contribution in [2.24, 2.45) is 7.05 Å². The Balaban J connectivity index is 2.19. The van der Waals surface area contributed by atoms with Gasteiger partial charge in [0, 0.05) is 23.5 Å². The molecule has 2 heterocycles. The van der Waals surface area contributed by atoms with Crippen LogP contribution in [-0.2, 0) is 7.05 Å². The number of nitrogens with zero attached hydrogens (tertiary/aromatic N) is 1. The van der Waals surface area contributed by atoms with E-state index in [9.17, 15) is 0 Å². The first-order valence-electron chi connectivity index (χ1n) is 6.95. The van der Waals surface area contributed by atoms with Crippen LogP contribution in [0.25, 0.3) is 27.9 Å². The number of aryl methyl sites for hydroxylation is 1.